The molecule has 2 aromatic carbocycles. The van der Waals surface area contributed by atoms with Crippen molar-refractivity contribution in [3.05, 3.63) is 55.9 Å². The molecule has 8 heteroatoms. The molecule has 0 amide bonds. The summed E-state index contributed by atoms with van der Waals surface area (Å²) >= 11 is 1.05. The zero-order valence-electron chi connectivity index (χ0n) is 15.9. The van der Waals surface area contributed by atoms with Crippen molar-refractivity contribution in [2.24, 2.45) is 0 Å². The number of thiazole rings is 1. The van der Waals surface area contributed by atoms with E-state index in [0.717, 1.165) is 22.1 Å². The molecule has 7 nitrogen and oxygen atoms in total. The van der Waals surface area contributed by atoms with E-state index >= 15 is 0 Å². The van der Waals surface area contributed by atoms with E-state index in [-0.39, 0.29) is 28.2 Å². The second-order valence-electron chi connectivity index (χ2n) is 6.03. The molecule has 1 aromatic heterocycles. The molecule has 0 saturated carbocycles. The Morgan fingerprint density at radius 1 is 1.34 bits per heavy atom. The number of carbonyl (C=O) groups excluding carboxylic acids is 1. The first kappa shape index (κ1) is 20.2. The van der Waals surface area contributed by atoms with Crippen LogP contribution in [0.5, 0.6) is 5.75 Å². The quantitative estimate of drug-likeness (QED) is 0.624. The number of aromatic hydroxyl groups is 1. The fourth-order valence-corrected chi connectivity index (χ4v) is 3.98. The highest BCUT2D eigenvalue weighted by atomic mass is 32.1. The number of rotatable bonds is 5. The number of esters is 1. The zero-order chi connectivity index (χ0) is 21.0. The van der Waals surface area contributed by atoms with Crippen LogP contribution in [0.2, 0.25) is 0 Å². The summed E-state index contributed by atoms with van der Waals surface area (Å²) in [6.07, 6.45) is 1.54. The molecule has 2 N–H and O–H groups in total. The van der Waals surface area contributed by atoms with Crippen LogP contribution < -0.4 is 20.1 Å². The number of anilines is 1. The number of benzene rings is 2. The molecule has 29 heavy (non-hydrogen) atoms. The molecule has 0 fully saturated rings. The van der Waals surface area contributed by atoms with Crippen LogP contribution in [-0.4, -0.2) is 22.2 Å². The number of ether oxygens (including phenoxy) is 1. The van der Waals surface area contributed by atoms with E-state index < -0.39 is 5.97 Å². The number of fused-ring (bicyclic) bond motifs is 1. The van der Waals surface area contributed by atoms with Gasteiger partial charge in [-0.25, -0.2) is 4.79 Å². The van der Waals surface area contributed by atoms with Gasteiger partial charge in [0.05, 0.1) is 6.61 Å². The number of nitrogens with one attached hydrogen (secondary N) is 1. The molecule has 3 aromatic rings. The molecular formula is C21H19N3O4S. The summed E-state index contributed by atoms with van der Waals surface area (Å²) in [7, 11) is 0. The topological polar surface area (TPSA) is 104 Å². The lowest BCUT2D eigenvalue weighted by atomic mass is 10.1. The maximum absolute atomic E-state index is 12.7. The number of phenols is 1. The Morgan fingerprint density at radius 3 is 2.83 bits per heavy atom. The summed E-state index contributed by atoms with van der Waals surface area (Å²) < 4.78 is 6.92. The van der Waals surface area contributed by atoms with Crippen molar-refractivity contribution < 1.29 is 14.6 Å². The van der Waals surface area contributed by atoms with E-state index in [1.54, 1.807) is 38.2 Å². The third kappa shape index (κ3) is 4.00. The number of carbonyl (C=O) groups is 1. The van der Waals surface area contributed by atoms with Gasteiger partial charge in [-0.2, -0.15) is 5.26 Å². The predicted octanol–water partition coefficient (Wildman–Crippen LogP) is 1.88. The number of aromatic nitrogens is 1. The molecule has 0 saturated heterocycles. The number of hydrogen-bond donors (Lipinski definition) is 2. The van der Waals surface area contributed by atoms with E-state index in [1.165, 1.54) is 4.57 Å². The molecule has 0 aliphatic carbocycles. The molecular weight excluding hydrogens is 390 g/mol. The van der Waals surface area contributed by atoms with Crippen LogP contribution in [0.4, 0.5) is 5.69 Å². The minimum absolute atomic E-state index is 0.139. The lowest BCUT2D eigenvalue weighted by Gasteiger charge is -2.06. The summed E-state index contributed by atoms with van der Waals surface area (Å²) in [5.41, 5.74) is 0.219. The van der Waals surface area contributed by atoms with Gasteiger partial charge in [0.2, 0.25) is 0 Å². The van der Waals surface area contributed by atoms with E-state index in [0.29, 0.717) is 16.8 Å². The second-order valence-corrected chi connectivity index (χ2v) is 7.06. The van der Waals surface area contributed by atoms with Gasteiger partial charge in [0.1, 0.15) is 21.0 Å². The highest BCUT2D eigenvalue weighted by Crippen LogP contribution is 2.26. The molecule has 0 unspecified atom stereocenters. The predicted molar refractivity (Wildman–Crippen MR) is 113 cm³/mol. The highest BCUT2D eigenvalue weighted by molar-refractivity contribution is 7.07. The lowest BCUT2D eigenvalue weighted by Crippen LogP contribution is -2.32. The van der Waals surface area contributed by atoms with Crippen molar-refractivity contribution in [3.63, 3.8) is 0 Å². The molecule has 3 rings (SSSR count). The normalized spacial score (nSPS) is 12.5. The number of nitriles is 1. The van der Waals surface area contributed by atoms with Gasteiger partial charge in [0, 0.05) is 23.8 Å². The van der Waals surface area contributed by atoms with Crippen LogP contribution in [0.1, 0.15) is 13.8 Å². The van der Waals surface area contributed by atoms with Crippen LogP contribution in [-0.2, 0) is 16.1 Å². The Morgan fingerprint density at radius 2 is 2.14 bits per heavy atom. The van der Waals surface area contributed by atoms with E-state index in [4.69, 9.17) is 4.74 Å². The average Bonchev–Trinajstić information content (AvgIpc) is 3.02. The third-order valence-electron chi connectivity index (χ3n) is 4.25. The Labute approximate surface area is 170 Å². The van der Waals surface area contributed by atoms with Crippen molar-refractivity contribution in [2.75, 3.05) is 11.9 Å². The smallest absolute Gasteiger partial charge is 0.351 e. The van der Waals surface area contributed by atoms with Gasteiger partial charge >= 0.3 is 5.97 Å². The average molecular weight is 409 g/mol. The van der Waals surface area contributed by atoms with E-state index in [2.05, 4.69) is 5.32 Å². The van der Waals surface area contributed by atoms with Gasteiger partial charge in [0.25, 0.3) is 5.56 Å². The van der Waals surface area contributed by atoms with Crippen LogP contribution >= 0.6 is 11.3 Å². The summed E-state index contributed by atoms with van der Waals surface area (Å²) in [5.74, 6) is -0.608. The number of nitrogens with zero attached hydrogens (tertiary/aromatic N) is 2. The van der Waals surface area contributed by atoms with Crippen LogP contribution in [0.3, 0.4) is 0 Å². The number of phenolic OH excluding ortho intramolecular Hbond substituents is 1. The Bertz CT molecular complexity index is 1300. The molecule has 1 heterocycles. The fraction of sp³-hybridized carbons (Fsp3) is 0.190. The Kier molecular flexibility index (Phi) is 6.00. The number of hydrogen-bond acceptors (Lipinski definition) is 7. The first-order valence-corrected chi connectivity index (χ1v) is 9.81. The first-order valence-electron chi connectivity index (χ1n) is 8.99. The molecule has 0 atom stereocenters. The summed E-state index contributed by atoms with van der Waals surface area (Å²) in [4.78, 5) is 24.8. The van der Waals surface area contributed by atoms with Crippen molar-refractivity contribution in [1.82, 2.24) is 4.57 Å². The van der Waals surface area contributed by atoms with Gasteiger partial charge in [-0.15, -0.1) is 11.3 Å². The van der Waals surface area contributed by atoms with Gasteiger partial charge in [-0.3, -0.25) is 9.36 Å². The van der Waals surface area contributed by atoms with Crippen molar-refractivity contribution in [1.29, 1.82) is 5.26 Å². The summed E-state index contributed by atoms with van der Waals surface area (Å²) in [6.45, 7) is 3.87. The van der Waals surface area contributed by atoms with Crippen LogP contribution in [0, 0.1) is 11.3 Å². The molecule has 0 aliphatic heterocycles. The van der Waals surface area contributed by atoms with Crippen molar-refractivity contribution in [3.8, 4) is 11.8 Å². The lowest BCUT2D eigenvalue weighted by molar-refractivity contribution is -0.136. The monoisotopic (exact) mass is 409 g/mol. The maximum atomic E-state index is 12.7. The molecule has 0 radical (unpaired) electrons. The highest BCUT2D eigenvalue weighted by Gasteiger charge is 2.16. The molecule has 0 spiro atoms. The molecule has 0 aliphatic rings. The zero-order valence-corrected chi connectivity index (χ0v) is 16.7. The van der Waals surface area contributed by atoms with Crippen LogP contribution in [0.25, 0.3) is 22.5 Å². The minimum Gasteiger partial charge on any atom is -0.508 e. The SMILES string of the molecule is CCOC(=O)/C(C#N)=c1\s/c(=C\Nc2cccc3ccc(O)cc23)c(=O)n1CC. The second kappa shape index (κ2) is 8.63. The Balaban J connectivity index is 2.14. The summed E-state index contributed by atoms with van der Waals surface area (Å²) in [6, 6.07) is 12.5. The summed E-state index contributed by atoms with van der Waals surface area (Å²) in [5, 5.41) is 24.0. The largest absolute Gasteiger partial charge is 0.508 e. The van der Waals surface area contributed by atoms with E-state index in [9.17, 15) is 20.0 Å². The first-order chi connectivity index (χ1) is 14.0. The molecule has 0 bridgehead atoms. The standard InChI is InChI=1S/C21H19N3O4S/c1-3-24-19(26)18(29-20(24)16(11-22)21(27)28-4-2)12-23-17-7-5-6-13-8-9-14(25)10-15(13)17/h5-10,12,23,25H,3-4H2,1-2H3/b18-12-,20-16-. The van der Waals surface area contributed by atoms with Crippen LogP contribution in [0.15, 0.2) is 41.2 Å². The van der Waals surface area contributed by atoms with Gasteiger partial charge in [0.15, 0.2) is 5.57 Å². The third-order valence-corrected chi connectivity index (χ3v) is 5.38. The van der Waals surface area contributed by atoms with Gasteiger partial charge in [-0.1, -0.05) is 18.2 Å². The maximum Gasteiger partial charge on any atom is 0.351 e. The fourth-order valence-electron chi connectivity index (χ4n) is 2.91. The van der Waals surface area contributed by atoms with Gasteiger partial charge < -0.3 is 15.2 Å². The molecule has 148 valence electrons. The van der Waals surface area contributed by atoms with E-state index in [1.807, 2.05) is 24.3 Å². The van der Waals surface area contributed by atoms with Crippen molar-refractivity contribution >= 4 is 45.5 Å². The van der Waals surface area contributed by atoms with Gasteiger partial charge in [-0.05, 0) is 37.4 Å². The minimum atomic E-state index is -0.748. The van der Waals surface area contributed by atoms with Crippen molar-refractivity contribution in [2.45, 2.75) is 20.4 Å². The Hall–Kier alpha value is -3.57.